The molecular formula is C9H10N2O3. The van der Waals surface area contributed by atoms with E-state index in [2.05, 4.69) is 5.32 Å². The molecule has 1 aliphatic rings. The molecule has 0 bridgehead atoms. The van der Waals surface area contributed by atoms with E-state index >= 15 is 0 Å². The molecule has 0 saturated carbocycles. The lowest BCUT2D eigenvalue weighted by Crippen LogP contribution is -2.26. The first-order valence-corrected chi connectivity index (χ1v) is 4.27. The Kier molecular flexibility index (Phi) is 1.89. The minimum atomic E-state index is -1.17. The van der Waals surface area contributed by atoms with Gasteiger partial charge < -0.3 is 15.0 Å². The van der Waals surface area contributed by atoms with Gasteiger partial charge >= 0.3 is 5.97 Å². The van der Waals surface area contributed by atoms with E-state index in [0.717, 1.165) is 11.3 Å². The lowest BCUT2D eigenvalue weighted by molar-refractivity contribution is 0.0694. The molecular weight excluding hydrogens is 184 g/mol. The van der Waals surface area contributed by atoms with Gasteiger partial charge in [-0.05, 0) is 11.6 Å². The van der Waals surface area contributed by atoms with Gasteiger partial charge in [0.25, 0.3) is 5.56 Å². The molecule has 5 heteroatoms. The predicted octanol–water partition coefficient (Wildman–Crippen LogP) is -0.313. The van der Waals surface area contributed by atoms with Crippen molar-refractivity contribution in [1.29, 1.82) is 0 Å². The molecule has 0 unspecified atom stereocenters. The van der Waals surface area contributed by atoms with Gasteiger partial charge in [-0.2, -0.15) is 0 Å². The zero-order valence-electron chi connectivity index (χ0n) is 7.70. The Bertz CT molecular complexity index is 462. The molecule has 1 aromatic heterocycles. The molecule has 1 aromatic rings. The second kappa shape index (κ2) is 2.95. The molecule has 2 N–H and O–H groups in total. The molecule has 2 rings (SSSR count). The summed E-state index contributed by atoms with van der Waals surface area (Å²) in [5.74, 6) is -1.17. The van der Waals surface area contributed by atoms with E-state index in [1.54, 1.807) is 7.05 Å². The highest BCUT2D eigenvalue weighted by Crippen LogP contribution is 2.13. The Balaban J connectivity index is 2.73. The van der Waals surface area contributed by atoms with Crippen LogP contribution < -0.4 is 10.9 Å². The van der Waals surface area contributed by atoms with Crippen molar-refractivity contribution in [1.82, 2.24) is 9.88 Å². The molecule has 0 radical (unpaired) electrons. The number of hydrogen-bond donors (Lipinski definition) is 2. The summed E-state index contributed by atoms with van der Waals surface area (Å²) in [4.78, 5) is 22.3. The summed E-state index contributed by atoms with van der Waals surface area (Å²) in [7, 11) is 1.60. The fourth-order valence-electron chi connectivity index (χ4n) is 1.69. The zero-order valence-corrected chi connectivity index (χ0v) is 7.70. The first-order valence-electron chi connectivity index (χ1n) is 4.27. The van der Waals surface area contributed by atoms with Crippen LogP contribution in [0.1, 0.15) is 21.6 Å². The van der Waals surface area contributed by atoms with Crippen LogP contribution in [-0.2, 0) is 20.1 Å². The third kappa shape index (κ3) is 1.13. The summed E-state index contributed by atoms with van der Waals surface area (Å²) in [5, 5.41) is 11.9. The van der Waals surface area contributed by atoms with Crippen molar-refractivity contribution in [3.8, 4) is 0 Å². The number of pyridine rings is 1. The Hall–Kier alpha value is -1.62. The van der Waals surface area contributed by atoms with Gasteiger partial charge in [0, 0.05) is 25.8 Å². The van der Waals surface area contributed by atoms with Crippen molar-refractivity contribution in [3.05, 3.63) is 33.2 Å². The van der Waals surface area contributed by atoms with Crippen LogP contribution in [0.3, 0.4) is 0 Å². The molecule has 74 valence electrons. The van der Waals surface area contributed by atoms with Crippen molar-refractivity contribution >= 4 is 5.97 Å². The highest BCUT2D eigenvalue weighted by atomic mass is 16.4. The Morgan fingerprint density at radius 2 is 2.29 bits per heavy atom. The molecule has 2 heterocycles. The topological polar surface area (TPSA) is 71.3 Å². The number of fused-ring (bicyclic) bond motifs is 1. The molecule has 0 aliphatic carbocycles. The molecule has 0 saturated heterocycles. The van der Waals surface area contributed by atoms with E-state index < -0.39 is 11.5 Å². The molecule has 5 nitrogen and oxygen atoms in total. The highest BCUT2D eigenvalue weighted by Gasteiger charge is 2.19. The summed E-state index contributed by atoms with van der Waals surface area (Å²) in [6.07, 6.45) is 0. The number of carboxylic acids is 1. The largest absolute Gasteiger partial charge is 0.477 e. The SMILES string of the molecule is Cn1c2c(cc(C(=O)O)c1=O)CNC2. The van der Waals surface area contributed by atoms with E-state index in [-0.39, 0.29) is 5.56 Å². The zero-order chi connectivity index (χ0) is 10.3. The van der Waals surface area contributed by atoms with Crippen molar-refractivity contribution in [2.24, 2.45) is 7.05 Å². The Labute approximate surface area is 80.0 Å². The first kappa shape index (κ1) is 8.96. The van der Waals surface area contributed by atoms with Gasteiger partial charge in [0.1, 0.15) is 5.56 Å². The third-order valence-corrected chi connectivity index (χ3v) is 2.47. The molecule has 0 amide bonds. The van der Waals surface area contributed by atoms with Gasteiger partial charge in [0.05, 0.1) is 0 Å². The monoisotopic (exact) mass is 194 g/mol. The second-order valence-corrected chi connectivity index (χ2v) is 3.30. The van der Waals surface area contributed by atoms with Crippen molar-refractivity contribution in [2.75, 3.05) is 0 Å². The van der Waals surface area contributed by atoms with Crippen LogP contribution in [-0.4, -0.2) is 15.6 Å². The quantitative estimate of drug-likeness (QED) is 0.643. The van der Waals surface area contributed by atoms with Crippen LogP contribution in [0.4, 0.5) is 0 Å². The van der Waals surface area contributed by atoms with Gasteiger partial charge in [-0.1, -0.05) is 0 Å². The number of hydrogen-bond acceptors (Lipinski definition) is 3. The van der Waals surface area contributed by atoms with Crippen molar-refractivity contribution in [3.63, 3.8) is 0 Å². The molecule has 0 atom stereocenters. The van der Waals surface area contributed by atoms with Crippen LogP contribution in [0.15, 0.2) is 10.9 Å². The van der Waals surface area contributed by atoms with Crippen LogP contribution in [0.25, 0.3) is 0 Å². The summed E-state index contributed by atoms with van der Waals surface area (Å²) in [5.41, 5.74) is 1.17. The van der Waals surface area contributed by atoms with Crippen molar-refractivity contribution < 1.29 is 9.90 Å². The Morgan fingerprint density at radius 1 is 1.57 bits per heavy atom. The number of carbonyl (C=O) groups is 1. The van der Waals surface area contributed by atoms with Gasteiger partial charge in [-0.3, -0.25) is 4.79 Å². The number of nitrogens with zero attached hydrogens (tertiary/aromatic N) is 1. The van der Waals surface area contributed by atoms with Crippen LogP contribution in [0, 0.1) is 0 Å². The second-order valence-electron chi connectivity index (χ2n) is 3.30. The summed E-state index contributed by atoms with van der Waals surface area (Å²) in [6, 6.07) is 1.46. The standard InChI is InChI=1S/C9H10N2O3/c1-11-7-4-10-3-5(7)2-6(8(11)12)9(13)14/h2,10H,3-4H2,1H3,(H,13,14). The first-order chi connectivity index (χ1) is 6.61. The molecule has 0 fully saturated rings. The van der Waals surface area contributed by atoms with Gasteiger partial charge in [0.15, 0.2) is 0 Å². The minimum Gasteiger partial charge on any atom is -0.477 e. The third-order valence-electron chi connectivity index (χ3n) is 2.47. The summed E-state index contributed by atoms with van der Waals surface area (Å²) in [6.45, 7) is 1.25. The maximum absolute atomic E-state index is 11.5. The Morgan fingerprint density at radius 3 is 2.93 bits per heavy atom. The molecule has 0 spiro atoms. The minimum absolute atomic E-state index is 0.157. The molecule has 0 aromatic carbocycles. The average Bonchev–Trinajstić information content (AvgIpc) is 2.58. The van der Waals surface area contributed by atoms with Crippen LogP contribution in [0.5, 0.6) is 0 Å². The van der Waals surface area contributed by atoms with Crippen molar-refractivity contribution in [2.45, 2.75) is 13.1 Å². The number of rotatable bonds is 1. The maximum atomic E-state index is 11.5. The fraction of sp³-hybridized carbons (Fsp3) is 0.333. The number of carboxylic acid groups (broad SMARTS) is 1. The lowest BCUT2D eigenvalue weighted by Gasteiger charge is -2.06. The maximum Gasteiger partial charge on any atom is 0.341 e. The normalized spacial score (nSPS) is 14.1. The molecule has 14 heavy (non-hydrogen) atoms. The average molecular weight is 194 g/mol. The number of aromatic carboxylic acids is 1. The number of nitrogens with one attached hydrogen (secondary N) is 1. The smallest absolute Gasteiger partial charge is 0.341 e. The van der Waals surface area contributed by atoms with E-state index in [1.807, 2.05) is 0 Å². The van der Waals surface area contributed by atoms with Gasteiger partial charge in [0.2, 0.25) is 0 Å². The summed E-state index contributed by atoms with van der Waals surface area (Å²) < 4.78 is 1.40. The lowest BCUT2D eigenvalue weighted by atomic mass is 10.1. The van der Waals surface area contributed by atoms with E-state index in [9.17, 15) is 9.59 Å². The van der Waals surface area contributed by atoms with Gasteiger partial charge in [-0.15, -0.1) is 0 Å². The van der Waals surface area contributed by atoms with E-state index in [0.29, 0.717) is 13.1 Å². The van der Waals surface area contributed by atoms with E-state index in [4.69, 9.17) is 5.11 Å². The van der Waals surface area contributed by atoms with Crippen LogP contribution >= 0.6 is 0 Å². The summed E-state index contributed by atoms with van der Waals surface area (Å²) >= 11 is 0. The number of aromatic nitrogens is 1. The predicted molar refractivity (Wildman–Crippen MR) is 49.2 cm³/mol. The molecule has 1 aliphatic heterocycles. The van der Waals surface area contributed by atoms with Gasteiger partial charge in [-0.25, -0.2) is 4.79 Å². The fourth-order valence-corrected chi connectivity index (χ4v) is 1.69. The van der Waals surface area contributed by atoms with E-state index in [1.165, 1.54) is 10.6 Å². The highest BCUT2D eigenvalue weighted by molar-refractivity contribution is 5.87. The van der Waals surface area contributed by atoms with Crippen LogP contribution in [0.2, 0.25) is 0 Å².